The number of hydrazone groups is 1. The number of hydrogen-bond acceptors (Lipinski definition) is 5. The van der Waals surface area contributed by atoms with Crippen LogP contribution in [0.15, 0.2) is 118 Å². The van der Waals surface area contributed by atoms with Gasteiger partial charge in [-0.05, 0) is 71.4 Å². The van der Waals surface area contributed by atoms with E-state index in [-0.39, 0.29) is 11.3 Å². The summed E-state index contributed by atoms with van der Waals surface area (Å²) in [6.07, 6.45) is 2.67. The Morgan fingerprint density at radius 3 is 2.44 bits per heavy atom. The standard InChI is InChI=1S/C31H21BrClN3O2S/c32-22-13-16-28-25(18-22)27-19-26(21-7-3-1-4-8-21)34-36(27)31(38-28)29(17-20-11-14-23(33)15-12-20)39-30(37)35(31)24-9-5-2-6-10-24/h1-18,27H,19H2/b29-17-. The van der Waals surface area contributed by atoms with Gasteiger partial charge in [0.1, 0.15) is 5.75 Å². The van der Waals surface area contributed by atoms with Crippen LogP contribution in [0.3, 0.4) is 0 Å². The Kier molecular flexibility index (Phi) is 6.03. The number of fused-ring (bicyclic) bond motifs is 4. The molecular formula is C31H21BrClN3O2S. The van der Waals surface area contributed by atoms with Crippen LogP contribution in [0.5, 0.6) is 5.75 Å². The van der Waals surface area contributed by atoms with Crippen LogP contribution < -0.4 is 9.64 Å². The first-order valence-corrected chi connectivity index (χ1v) is 14.5. The van der Waals surface area contributed by atoms with Crippen molar-refractivity contribution in [2.75, 3.05) is 4.90 Å². The summed E-state index contributed by atoms with van der Waals surface area (Å²) in [6, 6.07) is 33.3. The minimum Gasteiger partial charge on any atom is -0.443 e. The van der Waals surface area contributed by atoms with Crippen LogP contribution in [0.2, 0.25) is 5.02 Å². The first kappa shape index (κ1) is 24.5. The number of halogens is 2. The number of hydrogen-bond donors (Lipinski definition) is 0. The van der Waals surface area contributed by atoms with E-state index in [0.29, 0.717) is 11.4 Å². The SMILES string of the molecule is O=C1S/C(=C\c2ccc(Cl)cc2)C2(Oc3ccc(Br)cc3C3CC(c4ccccc4)=NN32)N1c1ccccc1. The van der Waals surface area contributed by atoms with Crippen molar-refractivity contribution in [3.63, 3.8) is 0 Å². The topological polar surface area (TPSA) is 45.1 Å². The molecule has 192 valence electrons. The fourth-order valence-corrected chi connectivity index (χ4v) is 6.92. The first-order valence-electron chi connectivity index (χ1n) is 12.5. The molecule has 0 N–H and O–H groups in total. The van der Waals surface area contributed by atoms with Crippen LogP contribution in [-0.4, -0.2) is 21.8 Å². The fraction of sp³-hybridized carbons (Fsp3) is 0.0968. The van der Waals surface area contributed by atoms with Crippen molar-refractivity contribution in [1.29, 1.82) is 0 Å². The number of nitrogens with zero attached hydrogens (tertiary/aromatic N) is 3. The molecule has 0 aliphatic carbocycles. The minimum atomic E-state index is -1.31. The van der Waals surface area contributed by atoms with Gasteiger partial charge < -0.3 is 4.74 Å². The number of amides is 1. The van der Waals surface area contributed by atoms with Crippen molar-refractivity contribution in [3.05, 3.63) is 134 Å². The number of benzene rings is 4. The Morgan fingerprint density at radius 2 is 1.69 bits per heavy atom. The van der Waals surface area contributed by atoms with Crippen molar-refractivity contribution in [2.24, 2.45) is 5.10 Å². The second-order valence-electron chi connectivity index (χ2n) is 9.47. The zero-order valence-corrected chi connectivity index (χ0v) is 23.7. The van der Waals surface area contributed by atoms with Gasteiger partial charge in [-0.25, -0.2) is 9.91 Å². The quantitative estimate of drug-likeness (QED) is 0.232. The molecule has 4 aromatic rings. The van der Waals surface area contributed by atoms with Crippen LogP contribution in [0.1, 0.15) is 29.2 Å². The van der Waals surface area contributed by atoms with E-state index in [0.717, 1.165) is 43.2 Å². The molecule has 3 aliphatic heterocycles. The molecule has 0 radical (unpaired) electrons. The number of para-hydroxylation sites is 1. The molecule has 1 spiro atoms. The van der Waals surface area contributed by atoms with Crippen molar-refractivity contribution in [3.8, 4) is 5.75 Å². The lowest BCUT2D eigenvalue weighted by Crippen LogP contribution is -2.63. The van der Waals surface area contributed by atoms with Gasteiger partial charge in [-0.2, -0.15) is 5.10 Å². The van der Waals surface area contributed by atoms with Crippen LogP contribution >= 0.6 is 39.3 Å². The van der Waals surface area contributed by atoms with Gasteiger partial charge >= 0.3 is 5.85 Å². The van der Waals surface area contributed by atoms with Crippen LogP contribution in [0, 0.1) is 0 Å². The average Bonchev–Trinajstić information content (AvgIpc) is 3.52. The molecule has 0 bridgehead atoms. The number of thioether (sulfide) groups is 1. The summed E-state index contributed by atoms with van der Waals surface area (Å²) in [5.74, 6) is -0.590. The van der Waals surface area contributed by atoms with Crippen LogP contribution in [-0.2, 0) is 0 Å². The molecule has 3 heterocycles. The monoisotopic (exact) mass is 613 g/mol. The van der Waals surface area contributed by atoms with Crippen molar-refractivity contribution < 1.29 is 9.53 Å². The average molecular weight is 615 g/mol. The lowest BCUT2D eigenvalue weighted by molar-refractivity contribution is -0.0763. The Morgan fingerprint density at radius 1 is 0.974 bits per heavy atom. The third-order valence-corrected chi connectivity index (χ3v) is 8.80. The maximum atomic E-state index is 13.9. The molecule has 7 rings (SSSR count). The third-order valence-electron chi connectivity index (χ3n) is 7.10. The number of ether oxygens (including phenoxy) is 1. The van der Waals surface area contributed by atoms with E-state index < -0.39 is 5.85 Å². The molecule has 39 heavy (non-hydrogen) atoms. The van der Waals surface area contributed by atoms with Gasteiger partial charge in [-0.3, -0.25) is 4.79 Å². The van der Waals surface area contributed by atoms with Gasteiger partial charge in [0.15, 0.2) is 0 Å². The molecule has 1 fully saturated rings. The summed E-state index contributed by atoms with van der Waals surface area (Å²) in [5, 5.41) is 7.70. The Bertz CT molecular complexity index is 1650. The number of carbonyl (C=O) groups excluding carboxylic acids is 1. The summed E-state index contributed by atoms with van der Waals surface area (Å²) in [5.41, 5.74) is 4.66. The highest BCUT2D eigenvalue weighted by Gasteiger charge is 2.63. The molecule has 3 aliphatic rings. The molecule has 1 amide bonds. The number of carbonyl (C=O) groups is 1. The molecule has 8 heteroatoms. The van der Waals surface area contributed by atoms with Crippen molar-refractivity contribution in [1.82, 2.24) is 5.01 Å². The molecular weight excluding hydrogens is 594 g/mol. The summed E-state index contributed by atoms with van der Waals surface area (Å²) in [6.45, 7) is 0. The second-order valence-corrected chi connectivity index (χ2v) is 11.8. The van der Waals surface area contributed by atoms with Gasteiger partial charge in [0.25, 0.3) is 5.24 Å². The van der Waals surface area contributed by atoms with Gasteiger partial charge in [-0.15, -0.1) is 0 Å². The second kappa shape index (κ2) is 9.59. The van der Waals surface area contributed by atoms with Crippen LogP contribution in [0.25, 0.3) is 6.08 Å². The fourth-order valence-electron chi connectivity index (χ4n) is 5.35. The zero-order valence-electron chi connectivity index (χ0n) is 20.5. The summed E-state index contributed by atoms with van der Waals surface area (Å²) in [7, 11) is 0. The maximum Gasteiger partial charge on any atom is 0.321 e. The smallest absolute Gasteiger partial charge is 0.321 e. The van der Waals surface area contributed by atoms with Crippen molar-refractivity contribution in [2.45, 2.75) is 18.3 Å². The van der Waals surface area contributed by atoms with E-state index in [1.807, 2.05) is 96.0 Å². The zero-order chi connectivity index (χ0) is 26.6. The highest BCUT2D eigenvalue weighted by atomic mass is 79.9. The van der Waals surface area contributed by atoms with Gasteiger partial charge in [0.05, 0.1) is 22.3 Å². The lowest BCUT2D eigenvalue weighted by atomic mass is 9.95. The van der Waals surface area contributed by atoms with Gasteiger partial charge in [-0.1, -0.05) is 88.2 Å². The molecule has 1 saturated heterocycles. The summed E-state index contributed by atoms with van der Waals surface area (Å²) >= 11 is 11.0. The van der Waals surface area contributed by atoms with Crippen molar-refractivity contribution >= 4 is 62.0 Å². The molecule has 2 unspecified atom stereocenters. The Balaban J connectivity index is 1.49. The van der Waals surface area contributed by atoms with E-state index in [4.69, 9.17) is 21.4 Å². The summed E-state index contributed by atoms with van der Waals surface area (Å²) in [4.78, 5) is 16.3. The van der Waals surface area contributed by atoms with Gasteiger partial charge in [0, 0.05) is 21.5 Å². The first-order chi connectivity index (χ1) is 19.0. The van der Waals surface area contributed by atoms with Crippen LogP contribution in [0.4, 0.5) is 10.5 Å². The molecule has 2 atom stereocenters. The third kappa shape index (κ3) is 4.07. The van der Waals surface area contributed by atoms with Gasteiger partial charge in [0.2, 0.25) is 0 Å². The predicted molar refractivity (Wildman–Crippen MR) is 161 cm³/mol. The Hall–Kier alpha value is -3.52. The number of rotatable bonds is 3. The molecule has 0 saturated carbocycles. The van der Waals surface area contributed by atoms with E-state index in [1.54, 1.807) is 4.90 Å². The van der Waals surface area contributed by atoms with E-state index in [9.17, 15) is 4.79 Å². The highest BCUT2D eigenvalue weighted by Crippen LogP contribution is 2.57. The number of anilines is 1. The van der Waals surface area contributed by atoms with E-state index in [2.05, 4.69) is 34.1 Å². The summed E-state index contributed by atoms with van der Waals surface area (Å²) < 4.78 is 7.93. The van der Waals surface area contributed by atoms with E-state index >= 15 is 0 Å². The van der Waals surface area contributed by atoms with E-state index in [1.165, 1.54) is 11.8 Å². The predicted octanol–water partition coefficient (Wildman–Crippen LogP) is 8.71. The Labute approximate surface area is 243 Å². The molecule has 0 aromatic heterocycles. The largest absolute Gasteiger partial charge is 0.443 e. The molecule has 4 aromatic carbocycles. The maximum absolute atomic E-state index is 13.9. The normalized spacial score (nSPS) is 22.6. The highest BCUT2D eigenvalue weighted by molar-refractivity contribution is 9.10. The lowest BCUT2D eigenvalue weighted by Gasteiger charge is -2.49. The molecule has 5 nitrogen and oxygen atoms in total. The minimum absolute atomic E-state index is 0.135.